The van der Waals surface area contributed by atoms with Crippen molar-refractivity contribution in [1.29, 1.82) is 0 Å². The first-order valence-corrected chi connectivity index (χ1v) is 7.92. The Kier molecular flexibility index (Phi) is 3.40. The molecule has 7 nitrogen and oxygen atoms in total. The van der Waals surface area contributed by atoms with Crippen molar-refractivity contribution >= 4 is 5.91 Å². The Morgan fingerprint density at radius 1 is 1.35 bits per heavy atom. The van der Waals surface area contributed by atoms with Crippen molar-refractivity contribution in [2.75, 3.05) is 6.61 Å². The maximum Gasteiger partial charge on any atom is 0.343 e. The van der Waals surface area contributed by atoms with Gasteiger partial charge in [-0.05, 0) is 24.5 Å². The summed E-state index contributed by atoms with van der Waals surface area (Å²) in [5.74, 6) is 1.36. The van der Waals surface area contributed by atoms with Gasteiger partial charge < -0.3 is 10.1 Å². The number of fused-ring (bicyclic) bond motifs is 2. The number of aromatic amines is 1. The van der Waals surface area contributed by atoms with E-state index in [1.807, 2.05) is 12.1 Å². The van der Waals surface area contributed by atoms with Crippen LogP contribution in [0.25, 0.3) is 0 Å². The number of carbonyl (C=O) groups excluding carboxylic acids is 1. The Bertz CT molecular complexity index is 808. The molecule has 0 saturated heterocycles. The van der Waals surface area contributed by atoms with E-state index in [-0.39, 0.29) is 17.6 Å². The van der Waals surface area contributed by atoms with Crippen LogP contribution >= 0.6 is 0 Å². The lowest BCUT2D eigenvalue weighted by atomic mass is 10.1. The number of nitrogens with one attached hydrogen (secondary N) is 2. The number of rotatable bonds is 2. The van der Waals surface area contributed by atoms with Gasteiger partial charge in [0.05, 0.1) is 12.2 Å². The van der Waals surface area contributed by atoms with Crippen LogP contribution in [0.2, 0.25) is 0 Å². The smallest absolute Gasteiger partial charge is 0.343 e. The summed E-state index contributed by atoms with van der Waals surface area (Å²) >= 11 is 0. The van der Waals surface area contributed by atoms with E-state index in [1.165, 1.54) is 0 Å². The second kappa shape index (κ2) is 5.57. The van der Waals surface area contributed by atoms with Crippen LogP contribution in [0.5, 0.6) is 5.75 Å². The lowest BCUT2D eigenvalue weighted by Crippen LogP contribution is -2.35. The Hall–Kier alpha value is -2.57. The van der Waals surface area contributed by atoms with E-state index in [2.05, 4.69) is 15.5 Å². The first kappa shape index (κ1) is 14.0. The molecule has 2 aromatic rings. The van der Waals surface area contributed by atoms with Gasteiger partial charge in [-0.25, -0.2) is 9.89 Å². The average molecular weight is 314 g/mol. The number of hydrogen-bond acceptors (Lipinski definition) is 4. The summed E-state index contributed by atoms with van der Waals surface area (Å²) in [7, 11) is 0. The van der Waals surface area contributed by atoms with Crippen LogP contribution in [0.15, 0.2) is 23.0 Å². The molecule has 0 aliphatic carbocycles. The van der Waals surface area contributed by atoms with E-state index in [0.717, 1.165) is 24.2 Å². The summed E-state index contributed by atoms with van der Waals surface area (Å²) in [5, 5.41) is 9.57. The molecule has 4 rings (SSSR count). The summed E-state index contributed by atoms with van der Waals surface area (Å²) in [4.78, 5) is 24.2. The number of H-pyrrole nitrogens is 1. The van der Waals surface area contributed by atoms with Gasteiger partial charge in [0.25, 0.3) is 5.91 Å². The van der Waals surface area contributed by atoms with Gasteiger partial charge in [-0.15, -0.1) is 0 Å². The predicted octanol–water partition coefficient (Wildman–Crippen LogP) is 0.641. The molecule has 0 saturated carbocycles. The molecule has 1 atom stereocenters. The van der Waals surface area contributed by atoms with Gasteiger partial charge in [0.1, 0.15) is 11.6 Å². The Balaban J connectivity index is 1.48. The molecule has 3 heterocycles. The van der Waals surface area contributed by atoms with E-state index in [1.54, 1.807) is 10.6 Å². The van der Waals surface area contributed by atoms with Crippen molar-refractivity contribution in [3.63, 3.8) is 0 Å². The summed E-state index contributed by atoms with van der Waals surface area (Å²) in [5.41, 5.74) is 1.51. The minimum Gasteiger partial charge on any atom is -0.492 e. The molecule has 0 spiro atoms. The van der Waals surface area contributed by atoms with Gasteiger partial charge in [0.15, 0.2) is 0 Å². The van der Waals surface area contributed by atoms with Gasteiger partial charge in [-0.1, -0.05) is 12.1 Å². The number of hydrogen-bond donors (Lipinski definition) is 2. The van der Waals surface area contributed by atoms with E-state index in [4.69, 9.17) is 4.74 Å². The average Bonchev–Trinajstić information content (AvgIpc) is 3.11. The van der Waals surface area contributed by atoms with Gasteiger partial charge >= 0.3 is 5.69 Å². The van der Waals surface area contributed by atoms with Crippen LogP contribution in [0.1, 0.15) is 34.6 Å². The van der Waals surface area contributed by atoms with Crippen molar-refractivity contribution in [2.45, 2.75) is 38.3 Å². The lowest BCUT2D eigenvalue weighted by Gasteiger charge is -2.17. The molecule has 1 aromatic carbocycles. The van der Waals surface area contributed by atoms with Crippen LogP contribution in [-0.2, 0) is 19.4 Å². The van der Waals surface area contributed by atoms with Crippen molar-refractivity contribution in [2.24, 2.45) is 0 Å². The minimum absolute atomic E-state index is 0.0286. The molecule has 2 aliphatic heterocycles. The molecule has 1 amide bonds. The first-order chi connectivity index (χ1) is 11.2. The number of aryl methyl sites for hydroxylation is 1. The Morgan fingerprint density at radius 2 is 2.26 bits per heavy atom. The maximum absolute atomic E-state index is 12.6. The third-order valence-corrected chi connectivity index (χ3v) is 4.55. The predicted molar refractivity (Wildman–Crippen MR) is 82.7 cm³/mol. The fourth-order valence-electron chi connectivity index (χ4n) is 3.31. The zero-order valence-corrected chi connectivity index (χ0v) is 12.7. The van der Waals surface area contributed by atoms with Gasteiger partial charge in [-0.3, -0.25) is 9.36 Å². The van der Waals surface area contributed by atoms with Crippen molar-refractivity contribution in [1.82, 2.24) is 20.1 Å². The molecule has 0 radical (unpaired) electrons. The molecular weight excluding hydrogens is 296 g/mol. The monoisotopic (exact) mass is 314 g/mol. The van der Waals surface area contributed by atoms with E-state index < -0.39 is 0 Å². The Morgan fingerprint density at radius 3 is 3.17 bits per heavy atom. The largest absolute Gasteiger partial charge is 0.492 e. The standard InChI is InChI=1S/C16H18N4O3/c21-15(12-3-1-2-10-7-9-23-14(10)12)17-11-4-5-13-18-19-16(22)20(13)8-6-11/h1-3,11H,4-9H2,(H,17,21)(H,19,22). The van der Waals surface area contributed by atoms with E-state index in [9.17, 15) is 9.59 Å². The highest BCUT2D eigenvalue weighted by Gasteiger charge is 2.24. The first-order valence-electron chi connectivity index (χ1n) is 7.92. The van der Waals surface area contributed by atoms with Gasteiger partial charge in [0.2, 0.25) is 0 Å². The topological polar surface area (TPSA) is 89.0 Å². The molecular formula is C16H18N4O3. The third-order valence-electron chi connectivity index (χ3n) is 4.55. The van der Waals surface area contributed by atoms with Crippen molar-refractivity contribution < 1.29 is 9.53 Å². The maximum atomic E-state index is 12.6. The fraction of sp³-hybridized carbons (Fsp3) is 0.438. The fourth-order valence-corrected chi connectivity index (χ4v) is 3.31. The second-order valence-corrected chi connectivity index (χ2v) is 5.99. The van der Waals surface area contributed by atoms with Gasteiger partial charge in [0, 0.05) is 25.4 Å². The number of aromatic nitrogens is 3. The van der Waals surface area contributed by atoms with Crippen LogP contribution in [-0.4, -0.2) is 33.3 Å². The third kappa shape index (κ3) is 2.52. The van der Waals surface area contributed by atoms with Crippen LogP contribution in [0, 0.1) is 0 Å². The van der Waals surface area contributed by atoms with E-state index >= 15 is 0 Å². The highest BCUT2D eigenvalue weighted by molar-refractivity contribution is 5.97. The van der Waals surface area contributed by atoms with Crippen LogP contribution in [0.3, 0.4) is 0 Å². The van der Waals surface area contributed by atoms with Crippen LogP contribution < -0.4 is 15.7 Å². The molecule has 2 N–H and O–H groups in total. The van der Waals surface area contributed by atoms with E-state index in [0.29, 0.717) is 37.3 Å². The van der Waals surface area contributed by atoms with Crippen molar-refractivity contribution in [3.05, 3.63) is 45.6 Å². The van der Waals surface area contributed by atoms with Crippen LogP contribution in [0.4, 0.5) is 0 Å². The molecule has 120 valence electrons. The highest BCUT2D eigenvalue weighted by atomic mass is 16.5. The number of carbonyl (C=O) groups is 1. The normalized spacial score (nSPS) is 19.4. The molecule has 0 bridgehead atoms. The summed E-state index contributed by atoms with van der Waals surface area (Å²) in [6, 6.07) is 5.72. The Labute approximate surface area is 132 Å². The zero-order valence-electron chi connectivity index (χ0n) is 12.7. The van der Waals surface area contributed by atoms with Gasteiger partial charge in [-0.2, -0.15) is 5.10 Å². The van der Waals surface area contributed by atoms with Crippen molar-refractivity contribution in [3.8, 4) is 5.75 Å². The summed E-state index contributed by atoms with van der Waals surface area (Å²) < 4.78 is 7.25. The number of amides is 1. The molecule has 2 aliphatic rings. The number of ether oxygens (including phenoxy) is 1. The molecule has 23 heavy (non-hydrogen) atoms. The number of nitrogens with zero attached hydrogens (tertiary/aromatic N) is 2. The molecule has 1 aromatic heterocycles. The highest BCUT2D eigenvalue weighted by Crippen LogP contribution is 2.29. The molecule has 7 heteroatoms. The summed E-state index contributed by atoms with van der Waals surface area (Å²) in [6.45, 7) is 1.20. The quantitative estimate of drug-likeness (QED) is 0.851. The summed E-state index contributed by atoms with van der Waals surface area (Å²) in [6.07, 6.45) is 3.01. The lowest BCUT2D eigenvalue weighted by molar-refractivity contribution is 0.0929. The molecule has 1 unspecified atom stereocenters. The molecule has 0 fully saturated rings. The number of para-hydroxylation sites is 1. The SMILES string of the molecule is O=C(NC1CCc2n[nH]c(=O)n2CC1)c1cccc2c1OCC2. The zero-order chi connectivity index (χ0) is 15.8. The minimum atomic E-state index is -0.179. The number of benzene rings is 1. The second-order valence-electron chi connectivity index (χ2n) is 5.99.